The molecule has 0 spiro atoms. The summed E-state index contributed by atoms with van der Waals surface area (Å²) in [5.41, 5.74) is 2.62. The van der Waals surface area contributed by atoms with Crippen LogP contribution in [0.5, 0.6) is 5.75 Å². The van der Waals surface area contributed by atoms with Crippen LogP contribution in [-0.2, 0) is 6.42 Å². The predicted octanol–water partition coefficient (Wildman–Crippen LogP) is 4.10. The van der Waals surface area contributed by atoms with Crippen LogP contribution in [0.25, 0.3) is 0 Å². The van der Waals surface area contributed by atoms with E-state index in [-0.39, 0.29) is 0 Å². The second kappa shape index (κ2) is 8.98. The summed E-state index contributed by atoms with van der Waals surface area (Å²) in [6.07, 6.45) is 7.61. The quantitative estimate of drug-likeness (QED) is 0.677. The smallest absolute Gasteiger partial charge is 0.122 e. The summed E-state index contributed by atoms with van der Waals surface area (Å²) in [5, 5.41) is 3.44. The van der Waals surface area contributed by atoms with Crippen molar-refractivity contribution in [2.45, 2.75) is 58.4 Å². The van der Waals surface area contributed by atoms with Gasteiger partial charge in [0.1, 0.15) is 5.75 Å². The van der Waals surface area contributed by atoms with Crippen LogP contribution in [0.1, 0.15) is 50.2 Å². The third-order valence-electron chi connectivity index (χ3n) is 3.72. The topological polar surface area (TPSA) is 21.3 Å². The molecule has 1 N–H and O–H groups in total. The molecular formula is C17H29NO. The molecular weight excluding hydrogens is 234 g/mol. The van der Waals surface area contributed by atoms with E-state index in [1.807, 2.05) is 0 Å². The lowest BCUT2D eigenvalue weighted by Crippen LogP contribution is -2.27. The van der Waals surface area contributed by atoms with Gasteiger partial charge in [0.15, 0.2) is 0 Å². The number of ether oxygens (including phenoxy) is 1. The van der Waals surface area contributed by atoms with E-state index in [0.29, 0.717) is 6.04 Å². The molecule has 0 fully saturated rings. The number of hydrogen-bond donors (Lipinski definition) is 1. The molecule has 19 heavy (non-hydrogen) atoms. The largest absolute Gasteiger partial charge is 0.496 e. The van der Waals surface area contributed by atoms with Gasteiger partial charge in [-0.05, 0) is 38.4 Å². The number of aryl methyl sites for hydroxylation is 1. The van der Waals surface area contributed by atoms with Gasteiger partial charge in [-0.3, -0.25) is 0 Å². The third-order valence-corrected chi connectivity index (χ3v) is 3.72. The van der Waals surface area contributed by atoms with E-state index in [1.165, 1.54) is 43.2 Å². The molecule has 0 radical (unpaired) electrons. The van der Waals surface area contributed by atoms with Gasteiger partial charge >= 0.3 is 0 Å². The third kappa shape index (κ3) is 5.65. The lowest BCUT2D eigenvalue weighted by atomic mass is 9.98. The highest BCUT2D eigenvalue weighted by molar-refractivity contribution is 5.37. The molecule has 0 saturated heterocycles. The molecule has 1 rings (SSSR count). The van der Waals surface area contributed by atoms with Gasteiger partial charge in [0.2, 0.25) is 0 Å². The highest BCUT2D eigenvalue weighted by Gasteiger charge is 2.11. The van der Waals surface area contributed by atoms with E-state index in [9.17, 15) is 0 Å². The van der Waals surface area contributed by atoms with Crippen molar-refractivity contribution in [1.82, 2.24) is 5.32 Å². The van der Waals surface area contributed by atoms with Crippen LogP contribution in [0, 0.1) is 6.92 Å². The molecule has 1 atom stereocenters. The second-order valence-electron chi connectivity index (χ2n) is 5.35. The minimum absolute atomic E-state index is 0.549. The molecule has 1 aromatic rings. The zero-order valence-electron chi connectivity index (χ0n) is 13.0. The van der Waals surface area contributed by atoms with Gasteiger partial charge in [-0.1, -0.05) is 50.3 Å². The predicted molar refractivity (Wildman–Crippen MR) is 83.0 cm³/mol. The van der Waals surface area contributed by atoms with E-state index < -0.39 is 0 Å². The summed E-state index contributed by atoms with van der Waals surface area (Å²) in [7, 11) is 3.82. The van der Waals surface area contributed by atoms with E-state index in [2.05, 4.69) is 44.4 Å². The molecule has 0 aliphatic rings. The molecule has 2 heteroatoms. The summed E-state index contributed by atoms with van der Waals surface area (Å²) in [5.74, 6) is 1.01. The lowest BCUT2D eigenvalue weighted by molar-refractivity contribution is 0.403. The Kier molecular flexibility index (Phi) is 7.57. The van der Waals surface area contributed by atoms with Crippen LogP contribution in [0.3, 0.4) is 0 Å². The Morgan fingerprint density at radius 2 is 2.00 bits per heavy atom. The number of rotatable bonds is 9. The Morgan fingerprint density at radius 1 is 1.21 bits per heavy atom. The molecule has 1 aromatic carbocycles. The Labute approximate surface area is 118 Å². The molecule has 0 aliphatic heterocycles. The van der Waals surface area contributed by atoms with Gasteiger partial charge in [0, 0.05) is 6.04 Å². The van der Waals surface area contributed by atoms with Crippen molar-refractivity contribution < 1.29 is 4.74 Å². The van der Waals surface area contributed by atoms with Crippen molar-refractivity contribution in [2.75, 3.05) is 14.2 Å². The van der Waals surface area contributed by atoms with Gasteiger partial charge < -0.3 is 10.1 Å². The van der Waals surface area contributed by atoms with Crippen molar-refractivity contribution >= 4 is 0 Å². The van der Waals surface area contributed by atoms with Crippen molar-refractivity contribution in [3.8, 4) is 5.75 Å². The summed E-state index contributed by atoms with van der Waals surface area (Å²) in [6.45, 7) is 4.39. The maximum atomic E-state index is 5.46. The van der Waals surface area contributed by atoms with Gasteiger partial charge in [-0.2, -0.15) is 0 Å². The molecule has 0 aliphatic carbocycles. The number of methoxy groups -OCH3 is 1. The normalized spacial score (nSPS) is 12.4. The molecule has 2 nitrogen and oxygen atoms in total. The first kappa shape index (κ1) is 16.0. The standard InChI is InChI=1S/C17H29NO/c1-5-6-7-8-9-16(18-3)13-15-12-14(2)10-11-17(15)19-4/h10-12,16,18H,5-9,13H2,1-4H3. The average Bonchev–Trinajstić information content (AvgIpc) is 2.42. The number of hydrogen-bond acceptors (Lipinski definition) is 2. The zero-order valence-corrected chi connectivity index (χ0v) is 13.0. The highest BCUT2D eigenvalue weighted by Crippen LogP contribution is 2.22. The molecule has 108 valence electrons. The van der Waals surface area contributed by atoms with Gasteiger partial charge in [-0.25, -0.2) is 0 Å². The summed E-state index contributed by atoms with van der Waals surface area (Å²) >= 11 is 0. The molecule has 0 saturated carbocycles. The van der Waals surface area contributed by atoms with Crippen LogP contribution in [-0.4, -0.2) is 20.2 Å². The number of nitrogens with one attached hydrogen (secondary N) is 1. The molecule has 0 amide bonds. The number of likely N-dealkylation sites (N-methyl/N-ethyl adjacent to an activating group) is 1. The average molecular weight is 263 g/mol. The van der Waals surface area contributed by atoms with Crippen molar-refractivity contribution in [1.29, 1.82) is 0 Å². The van der Waals surface area contributed by atoms with E-state index in [0.717, 1.165) is 12.2 Å². The molecule has 1 unspecified atom stereocenters. The fourth-order valence-corrected chi connectivity index (χ4v) is 2.50. The highest BCUT2D eigenvalue weighted by atomic mass is 16.5. The van der Waals surface area contributed by atoms with Crippen LogP contribution in [0.15, 0.2) is 18.2 Å². The van der Waals surface area contributed by atoms with Crippen LogP contribution >= 0.6 is 0 Å². The SMILES string of the molecule is CCCCCCC(Cc1cc(C)ccc1OC)NC. The monoisotopic (exact) mass is 263 g/mol. The second-order valence-corrected chi connectivity index (χ2v) is 5.35. The minimum Gasteiger partial charge on any atom is -0.496 e. The van der Waals surface area contributed by atoms with E-state index in [1.54, 1.807) is 7.11 Å². The Morgan fingerprint density at radius 3 is 2.63 bits per heavy atom. The Balaban J connectivity index is 2.56. The van der Waals surface area contributed by atoms with Crippen LogP contribution < -0.4 is 10.1 Å². The number of benzene rings is 1. The van der Waals surface area contributed by atoms with Gasteiger partial charge in [0.25, 0.3) is 0 Å². The molecule has 0 bridgehead atoms. The van der Waals surface area contributed by atoms with E-state index >= 15 is 0 Å². The van der Waals surface area contributed by atoms with Crippen molar-refractivity contribution in [2.24, 2.45) is 0 Å². The Bertz CT molecular complexity index is 362. The summed E-state index contributed by atoms with van der Waals surface area (Å²) < 4.78 is 5.46. The molecule has 0 heterocycles. The number of unbranched alkanes of at least 4 members (excludes halogenated alkanes) is 3. The first-order chi connectivity index (χ1) is 9.21. The Hall–Kier alpha value is -1.02. The fraction of sp³-hybridized carbons (Fsp3) is 0.647. The van der Waals surface area contributed by atoms with Crippen LogP contribution in [0.2, 0.25) is 0 Å². The molecule has 0 aromatic heterocycles. The van der Waals surface area contributed by atoms with Gasteiger partial charge in [-0.15, -0.1) is 0 Å². The first-order valence-electron chi connectivity index (χ1n) is 7.52. The summed E-state index contributed by atoms with van der Waals surface area (Å²) in [6, 6.07) is 6.98. The fourth-order valence-electron chi connectivity index (χ4n) is 2.50. The van der Waals surface area contributed by atoms with Gasteiger partial charge in [0.05, 0.1) is 7.11 Å². The van der Waals surface area contributed by atoms with Crippen LogP contribution in [0.4, 0.5) is 0 Å². The maximum absolute atomic E-state index is 5.46. The maximum Gasteiger partial charge on any atom is 0.122 e. The van der Waals surface area contributed by atoms with Crippen molar-refractivity contribution in [3.63, 3.8) is 0 Å². The summed E-state index contributed by atoms with van der Waals surface area (Å²) in [4.78, 5) is 0. The van der Waals surface area contributed by atoms with E-state index in [4.69, 9.17) is 4.74 Å². The minimum atomic E-state index is 0.549. The first-order valence-corrected chi connectivity index (χ1v) is 7.52. The zero-order chi connectivity index (χ0) is 14.1. The van der Waals surface area contributed by atoms with Crippen molar-refractivity contribution in [3.05, 3.63) is 29.3 Å². The lowest BCUT2D eigenvalue weighted by Gasteiger charge is -2.18.